The monoisotopic (exact) mass is 525 g/mol. The van der Waals surface area contributed by atoms with Crippen molar-refractivity contribution in [2.75, 3.05) is 19.1 Å². The molecule has 0 saturated heterocycles. The molecule has 1 heterocycles. The van der Waals surface area contributed by atoms with Crippen molar-refractivity contribution < 1.29 is 19.1 Å². The zero-order valence-corrected chi connectivity index (χ0v) is 22.5. The van der Waals surface area contributed by atoms with Gasteiger partial charge in [0.1, 0.15) is 17.5 Å². The number of rotatable bonds is 9. The van der Waals surface area contributed by atoms with E-state index in [1.807, 2.05) is 72.9 Å². The number of amides is 2. The van der Waals surface area contributed by atoms with Crippen LogP contribution in [-0.2, 0) is 16.0 Å². The molecule has 0 aliphatic heterocycles. The van der Waals surface area contributed by atoms with Gasteiger partial charge in [-0.15, -0.1) is 0 Å². The summed E-state index contributed by atoms with van der Waals surface area (Å²) in [7, 11) is 3.19. The lowest BCUT2D eigenvalue weighted by atomic mass is 9.94. The first-order chi connectivity index (χ1) is 19.1. The Hall–Kier alpha value is -4.26. The molecule has 202 valence electrons. The van der Waals surface area contributed by atoms with Crippen LogP contribution in [0.5, 0.6) is 11.5 Å². The summed E-state index contributed by atoms with van der Waals surface area (Å²) in [5, 5.41) is 4.25. The van der Waals surface area contributed by atoms with Gasteiger partial charge in [-0.1, -0.05) is 55.7 Å². The lowest BCUT2D eigenvalue weighted by Crippen LogP contribution is -2.47. The van der Waals surface area contributed by atoms with E-state index >= 15 is 0 Å². The van der Waals surface area contributed by atoms with Crippen LogP contribution >= 0.6 is 0 Å². The number of hydrogen-bond acceptors (Lipinski definition) is 4. The molecule has 0 radical (unpaired) electrons. The topological polar surface area (TPSA) is 83.7 Å². The van der Waals surface area contributed by atoms with Gasteiger partial charge in [0.2, 0.25) is 11.8 Å². The van der Waals surface area contributed by atoms with Crippen molar-refractivity contribution in [1.82, 2.24) is 10.3 Å². The van der Waals surface area contributed by atoms with Crippen molar-refractivity contribution in [3.8, 4) is 11.5 Å². The van der Waals surface area contributed by atoms with Gasteiger partial charge in [-0.05, 0) is 54.3 Å². The second-order valence-corrected chi connectivity index (χ2v) is 10.0. The Bertz CT molecular complexity index is 1440. The minimum absolute atomic E-state index is 0.0928. The van der Waals surface area contributed by atoms with E-state index in [9.17, 15) is 9.59 Å². The summed E-state index contributed by atoms with van der Waals surface area (Å²) in [6, 6.07) is 21.8. The third-order valence-corrected chi connectivity index (χ3v) is 7.48. The van der Waals surface area contributed by atoms with Crippen molar-refractivity contribution >= 4 is 28.4 Å². The molecule has 2 amide bonds. The molecular weight excluding hydrogens is 490 g/mol. The van der Waals surface area contributed by atoms with Crippen LogP contribution in [0.3, 0.4) is 0 Å². The van der Waals surface area contributed by atoms with E-state index < -0.39 is 6.04 Å². The van der Waals surface area contributed by atoms with Crippen LogP contribution < -0.4 is 19.7 Å². The number of nitrogens with zero attached hydrogens (tertiary/aromatic N) is 1. The predicted octanol–water partition coefficient (Wildman–Crippen LogP) is 5.95. The summed E-state index contributed by atoms with van der Waals surface area (Å²) in [6.45, 7) is 0. The maximum absolute atomic E-state index is 14.3. The number of nitrogens with one attached hydrogen (secondary N) is 2. The number of para-hydroxylation sites is 1. The van der Waals surface area contributed by atoms with Crippen LogP contribution in [0, 0.1) is 0 Å². The third kappa shape index (κ3) is 5.93. The molecule has 0 unspecified atom stereocenters. The minimum Gasteiger partial charge on any atom is -0.497 e. The largest absolute Gasteiger partial charge is 0.497 e. The molecule has 1 atom stereocenters. The molecule has 0 bridgehead atoms. The van der Waals surface area contributed by atoms with Crippen LogP contribution in [-0.4, -0.2) is 37.1 Å². The van der Waals surface area contributed by atoms with Gasteiger partial charge in [0.05, 0.1) is 20.6 Å². The molecule has 3 aromatic carbocycles. The highest BCUT2D eigenvalue weighted by molar-refractivity contribution is 6.03. The van der Waals surface area contributed by atoms with Gasteiger partial charge in [-0.25, -0.2) is 0 Å². The molecule has 4 aromatic rings. The number of carbonyl (C=O) groups is 2. The quantitative estimate of drug-likeness (QED) is 0.283. The first-order valence-electron chi connectivity index (χ1n) is 13.5. The molecule has 39 heavy (non-hydrogen) atoms. The first kappa shape index (κ1) is 26.4. The number of methoxy groups -OCH3 is 2. The van der Waals surface area contributed by atoms with Crippen molar-refractivity contribution in [2.24, 2.45) is 0 Å². The van der Waals surface area contributed by atoms with Gasteiger partial charge in [-0.2, -0.15) is 0 Å². The van der Waals surface area contributed by atoms with Gasteiger partial charge in [-0.3, -0.25) is 14.5 Å². The van der Waals surface area contributed by atoms with Crippen LogP contribution in [0.15, 0.2) is 79.0 Å². The number of fused-ring (bicyclic) bond motifs is 1. The van der Waals surface area contributed by atoms with E-state index in [2.05, 4.69) is 10.3 Å². The summed E-state index contributed by atoms with van der Waals surface area (Å²) >= 11 is 0. The van der Waals surface area contributed by atoms with Gasteiger partial charge < -0.3 is 19.8 Å². The average Bonchev–Trinajstić information content (AvgIpc) is 3.38. The molecule has 1 saturated carbocycles. The van der Waals surface area contributed by atoms with Crippen LogP contribution in [0.2, 0.25) is 0 Å². The molecule has 1 aliphatic carbocycles. The van der Waals surface area contributed by atoms with Gasteiger partial charge in [0, 0.05) is 34.9 Å². The van der Waals surface area contributed by atoms with Crippen molar-refractivity contribution in [3.05, 3.63) is 90.1 Å². The first-order valence-corrected chi connectivity index (χ1v) is 13.5. The number of hydrogen-bond donors (Lipinski definition) is 2. The predicted molar refractivity (Wildman–Crippen MR) is 153 cm³/mol. The second kappa shape index (κ2) is 12.1. The Morgan fingerprint density at radius 1 is 0.923 bits per heavy atom. The number of H-pyrrole nitrogens is 1. The second-order valence-electron chi connectivity index (χ2n) is 10.0. The number of benzene rings is 3. The maximum Gasteiger partial charge on any atom is 0.248 e. The highest BCUT2D eigenvalue weighted by atomic mass is 16.5. The summed E-state index contributed by atoms with van der Waals surface area (Å²) in [5.41, 5.74) is 3.11. The van der Waals surface area contributed by atoms with E-state index in [4.69, 9.17) is 9.47 Å². The van der Waals surface area contributed by atoms with E-state index in [-0.39, 0.29) is 24.3 Å². The van der Waals surface area contributed by atoms with E-state index in [0.717, 1.165) is 42.1 Å². The molecule has 0 spiro atoms. The van der Waals surface area contributed by atoms with Crippen molar-refractivity contribution in [3.63, 3.8) is 0 Å². The third-order valence-electron chi connectivity index (χ3n) is 7.48. The smallest absolute Gasteiger partial charge is 0.248 e. The molecule has 5 rings (SSSR count). The normalized spacial score (nSPS) is 14.5. The van der Waals surface area contributed by atoms with Crippen LogP contribution in [0.1, 0.15) is 49.3 Å². The van der Waals surface area contributed by atoms with Crippen molar-refractivity contribution in [2.45, 2.75) is 50.6 Å². The molecule has 1 aromatic heterocycles. The highest BCUT2D eigenvalue weighted by Gasteiger charge is 2.34. The van der Waals surface area contributed by atoms with Gasteiger partial charge in [0.15, 0.2) is 0 Å². The Labute approximate surface area is 229 Å². The SMILES string of the molecule is COc1cccc([C@H](C(=O)NC2CCCCC2)N(C(=O)Cc2c[nH]c3ccccc23)c2cccc(OC)c2)c1. The summed E-state index contributed by atoms with van der Waals surface area (Å²) in [6.07, 6.45) is 7.25. The fraction of sp³-hybridized carbons (Fsp3) is 0.312. The standard InChI is InChI=1S/C32H35N3O4/c1-38-26-14-8-10-22(18-26)31(32(37)34-24-11-4-3-5-12-24)35(25-13-9-15-27(20-25)39-2)30(36)19-23-21-33-29-17-7-6-16-28(23)29/h6-10,13-18,20-21,24,31,33H,3-5,11-12,19H2,1-2H3,(H,34,37)/t31-/m1/s1. The Morgan fingerprint density at radius 3 is 2.41 bits per heavy atom. The number of carbonyl (C=O) groups excluding carboxylic acids is 2. The zero-order chi connectivity index (χ0) is 27.2. The summed E-state index contributed by atoms with van der Waals surface area (Å²) in [5.74, 6) is 0.831. The van der Waals surface area contributed by atoms with E-state index in [1.165, 1.54) is 6.42 Å². The van der Waals surface area contributed by atoms with E-state index in [0.29, 0.717) is 22.7 Å². The van der Waals surface area contributed by atoms with Crippen LogP contribution in [0.4, 0.5) is 5.69 Å². The molecular formula is C32H35N3O4. The summed E-state index contributed by atoms with van der Waals surface area (Å²) in [4.78, 5) is 33.3. The summed E-state index contributed by atoms with van der Waals surface area (Å²) < 4.78 is 11.0. The number of anilines is 1. The molecule has 1 fully saturated rings. The zero-order valence-electron chi connectivity index (χ0n) is 22.5. The minimum atomic E-state index is -0.896. The van der Waals surface area contributed by atoms with Gasteiger partial charge >= 0.3 is 0 Å². The van der Waals surface area contributed by atoms with Gasteiger partial charge in [0.25, 0.3) is 0 Å². The number of ether oxygens (including phenoxy) is 2. The lowest BCUT2D eigenvalue weighted by Gasteiger charge is -2.34. The number of aromatic amines is 1. The molecule has 7 heteroatoms. The fourth-order valence-electron chi connectivity index (χ4n) is 5.48. The number of aromatic nitrogens is 1. The lowest BCUT2D eigenvalue weighted by molar-refractivity contribution is -0.127. The Kier molecular flexibility index (Phi) is 8.16. The maximum atomic E-state index is 14.3. The molecule has 1 aliphatic rings. The van der Waals surface area contributed by atoms with Crippen LogP contribution in [0.25, 0.3) is 10.9 Å². The average molecular weight is 526 g/mol. The molecule has 2 N–H and O–H groups in total. The van der Waals surface area contributed by atoms with Crippen molar-refractivity contribution in [1.29, 1.82) is 0 Å². The molecule has 7 nitrogen and oxygen atoms in total. The highest BCUT2D eigenvalue weighted by Crippen LogP contribution is 2.33. The van der Waals surface area contributed by atoms with E-state index in [1.54, 1.807) is 25.2 Å². The Morgan fingerprint density at radius 2 is 1.64 bits per heavy atom. The Balaban J connectivity index is 1.59. The fourth-order valence-corrected chi connectivity index (χ4v) is 5.48.